The van der Waals surface area contributed by atoms with E-state index in [0.717, 1.165) is 22.7 Å². The fraction of sp³-hybridized carbons (Fsp3) is 0.214. The van der Waals surface area contributed by atoms with Crippen LogP contribution in [0.5, 0.6) is 5.75 Å². The van der Waals surface area contributed by atoms with E-state index in [1.165, 1.54) is 0 Å². The van der Waals surface area contributed by atoms with E-state index in [9.17, 15) is 0 Å². The summed E-state index contributed by atoms with van der Waals surface area (Å²) in [4.78, 5) is 12.7. The Labute approximate surface area is 106 Å². The molecule has 0 amide bonds. The van der Waals surface area contributed by atoms with Crippen molar-refractivity contribution < 1.29 is 4.74 Å². The molecule has 0 atom stereocenters. The number of methoxy groups -OCH3 is 1. The van der Waals surface area contributed by atoms with Gasteiger partial charge in [0.1, 0.15) is 5.75 Å². The summed E-state index contributed by atoms with van der Waals surface area (Å²) in [6, 6.07) is 7.84. The molecule has 4 nitrogen and oxygen atoms in total. The van der Waals surface area contributed by atoms with Gasteiger partial charge >= 0.3 is 0 Å². The van der Waals surface area contributed by atoms with Crippen molar-refractivity contribution in [1.29, 1.82) is 0 Å². The molecule has 92 valence electrons. The Morgan fingerprint density at radius 3 is 2.78 bits per heavy atom. The van der Waals surface area contributed by atoms with Crippen LogP contribution in [0.4, 0.5) is 0 Å². The minimum absolute atomic E-state index is 0.569. The maximum absolute atomic E-state index is 5.26. The van der Waals surface area contributed by atoms with E-state index < -0.39 is 0 Å². The monoisotopic (exact) mass is 241 g/mol. The van der Waals surface area contributed by atoms with Crippen LogP contribution in [0, 0.1) is 6.92 Å². The summed E-state index contributed by atoms with van der Waals surface area (Å²) in [5, 5.41) is 0. The van der Waals surface area contributed by atoms with Crippen LogP contribution < -0.4 is 4.74 Å². The van der Waals surface area contributed by atoms with Gasteiger partial charge in [-0.2, -0.15) is 0 Å². The molecule has 1 aromatic carbocycles. The van der Waals surface area contributed by atoms with Gasteiger partial charge in [0, 0.05) is 18.0 Å². The fourth-order valence-electron chi connectivity index (χ4n) is 1.54. The van der Waals surface area contributed by atoms with Crippen LogP contribution in [0.2, 0.25) is 0 Å². The van der Waals surface area contributed by atoms with Crippen LogP contribution in [0.15, 0.2) is 41.7 Å². The van der Waals surface area contributed by atoms with Crippen molar-refractivity contribution in [2.75, 3.05) is 7.11 Å². The summed E-state index contributed by atoms with van der Waals surface area (Å²) in [6.07, 6.45) is 5.16. The van der Waals surface area contributed by atoms with Crippen LogP contribution in [-0.2, 0) is 6.54 Å². The minimum Gasteiger partial charge on any atom is -0.496 e. The maximum atomic E-state index is 5.26. The zero-order chi connectivity index (χ0) is 12.8. The normalized spacial score (nSPS) is 10.8. The fourth-order valence-corrected chi connectivity index (χ4v) is 1.54. The van der Waals surface area contributed by atoms with Crippen LogP contribution in [0.1, 0.15) is 17.0 Å². The van der Waals surface area contributed by atoms with Crippen LogP contribution in [0.3, 0.4) is 0 Å². The Morgan fingerprint density at radius 1 is 1.22 bits per heavy atom. The SMILES string of the molecule is COc1ccccc1C/N=C\c1cnc(C)cn1. The van der Waals surface area contributed by atoms with Crippen molar-refractivity contribution in [3.63, 3.8) is 0 Å². The highest BCUT2D eigenvalue weighted by molar-refractivity contribution is 5.76. The third kappa shape index (κ3) is 3.13. The first-order chi connectivity index (χ1) is 8.79. The molecular formula is C14H15N3O. The van der Waals surface area contributed by atoms with Gasteiger partial charge < -0.3 is 4.74 Å². The molecule has 0 fully saturated rings. The highest BCUT2D eigenvalue weighted by Gasteiger charge is 1.99. The molecule has 0 spiro atoms. The number of hydrogen-bond donors (Lipinski definition) is 0. The van der Waals surface area contributed by atoms with E-state index >= 15 is 0 Å². The molecule has 0 radical (unpaired) electrons. The molecule has 1 aromatic heterocycles. The Kier molecular flexibility index (Phi) is 4.02. The highest BCUT2D eigenvalue weighted by Crippen LogP contribution is 2.17. The number of aryl methyl sites for hydroxylation is 1. The van der Waals surface area contributed by atoms with Gasteiger partial charge in [0.2, 0.25) is 0 Å². The standard InChI is InChI=1S/C14H15N3O/c1-11-7-17-13(10-16-11)9-15-8-12-5-3-4-6-14(12)18-2/h3-7,9-10H,8H2,1-2H3/b15-9-. The number of aromatic nitrogens is 2. The van der Waals surface area contributed by atoms with Gasteiger partial charge in [0.25, 0.3) is 0 Å². The largest absolute Gasteiger partial charge is 0.496 e. The van der Waals surface area contributed by atoms with E-state index in [4.69, 9.17) is 4.74 Å². The first kappa shape index (κ1) is 12.2. The average molecular weight is 241 g/mol. The molecule has 2 rings (SSSR count). The van der Waals surface area contributed by atoms with Gasteiger partial charge in [-0.05, 0) is 13.0 Å². The lowest BCUT2D eigenvalue weighted by Gasteiger charge is -2.04. The summed E-state index contributed by atoms with van der Waals surface area (Å²) < 4.78 is 5.26. The van der Waals surface area contributed by atoms with Gasteiger partial charge in [0.15, 0.2) is 0 Å². The lowest BCUT2D eigenvalue weighted by Crippen LogP contribution is -1.93. The quantitative estimate of drug-likeness (QED) is 0.772. The van der Waals surface area contributed by atoms with Crippen LogP contribution in [0.25, 0.3) is 0 Å². The summed E-state index contributed by atoms with van der Waals surface area (Å²) >= 11 is 0. The van der Waals surface area contributed by atoms with E-state index in [-0.39, 0.29) is 0 Å². The smallest absolute Gasteiger partial charge is 0.123 e. The third-order valence-corrected chi connectivity index (χ3v) is 2.48. The number of ether oxygens (including phenoxy) is 1. The molecule has 0 bridgehead atoms. The molecule has 0 unspecified atom stereocenters. The number of aliphatic imine (C=N–C) groups is 1. The van der Waals surface area contributed by atoms with Crippen LogP contribution >= 0.6 is 0 Å². The Bertz CT molecular complexity index is 535. The maximum Gasteiger partial charge on any atom is 0.123 e. The van der Waals surface area contributed by atoms with Gasteiger partial charge in [0.05, 0.1) is 31.2 Å². The first-order valence-corrected chi connectivity index (χ1v) is 5.70. The number of para-hydroxylation sites is 1. The molecular weight excluding hydrogens is 226 g/mol. The number of hydrogen-bond acceptors (Lipinski definition) is 4. The van der Waals surface area contributed by atoms with Gasteiger partial charge in [-0.1, -0.05) is 18.2 Å². The Morgan fingerprint density at radius 2 is 2.06 bits per heavy atom. The van der Waals surface area contributed by atoms with Crippen molar-refractivity contribution in [1.82, 2.24) is 9.97 Å². The topological polar surface area (TPSA) is 47.4 Å². The van der Waals surface area contributed by atoms with Crippen molar-refractivity contribution in [3.05, 3.63) is 53.6 Å². The molecule has 18 heavy (non-hydrogen) atoms. The second-order valence-electron chi connectivity index (χ2n) is 3.86. The Hall–Kier alpha value is -2.23. The van der Waals surface area contributed by atoms with E-state index in [1.807, 2.05) is 31.2 Å². The van der Waals surface area contributed by atoms with E-state index in [0.29, 0.717) is 6.54 Å². The summed E-state index contributed by atoms with van der Waals surface area (Å²) in [6.45, 7) is 2.47. The number of rotatable bonds is 4. The number of nitrogens with zero attached hydrogens (tertiary/aromatic N) is 3. The zero-order valence-corrected chi connectivity index (χ0v) is 10.5. The zero-order valence-electron chi connectivity index (χ0n) is 10.5. The predicted molar refractivity (Wildman–Crippen MR) is 71.1 cm³/mol. The van der Waals surface area contributed by atoms with E-state index in [2.05, 4.69) is 15.0 Å². The molecule has 0 aliphatic rings. The van der Waals surface area contributed by atoms with Crippen molar-refractivity contribution in [2.24, 2.45) is 4.99 Å². The van der Waals surface area contributed by atoms with Gasteiger partial charge in [-0.3, -0.25) is 15.0 Å². The van der Waals surface area contributed by atoms with Gasteiger partial charge in [-0.15, -0.1) is 0 Å². The molecule has 0 N–H and O–H groups in total. The number of benzene rings is 1. The van der Waals surface area contributed by atoms with Crippen molar-refractivity contribution >= 4 is 6.21 Å². The van der Waals surface area contributed by atoms with Crippen LogP contribution in [-0.4, -0.2) is 23.3 Å². The van der Waals surface area contributed by atoms with Crippen molar-refractivity contribution in [2.45, 2.75) is 13.5 Å². The molecule has 2 aromatic rings. The molecule has 4 heteroatoms. The van der Waals surface area contributed by atoms with Crippen molar-refractivity contribution in [3.8, 4) is 5.75 Å². The summed E-state index contributed by atoms with van der Waals surface area (Å²) in [7, 11) is 1.66. The first-order valence-electron chi connectivity index (χ1n) is 5.70. The second-order valence-corrected chi connectivity index (χ2v) is 3.86. The molecule has 0 aliphatic carbocycles. The highest BCUT2D eigenvalue weighted by atomic mass is 16.5. The molecule has 0 saturated heterocycles. The Balaban J connectivity index is 2.05. The lowest BCUT2D eigenvalue weighted by molar-refractivity contribution is 0.410. The lowest BCUT2D eigenvalue weighted by atomic mass is 10.2. The average Bonchev–Trinajstić information content (AvgIpc) is 2.41. The minimum atomic E-state index is 0.569. The molecule has 0 saturated carbocycles. The summed E-state index contributed by atoms with van der Waals surface area (Å²) in [5.41, 5.74) is 2.71. The van der Waals surface area contributed by atoms with E-state index in [1.54, 1.807) is 25.7 Å². The second kappa shape index (κ2) is 5.91. The predicted octanol–water partition coefficient (Wildman–Crippen LogP) is 2.41. The molecule has 1 heterocycles. The summed E-state index contributed by atoms with van der Waals surface area (Å²) in [5.74, 6) is 0.852. The molecule has 0 aliphatic heterocycles. The third-order valence-electron chi connectivity index (χ3n) is 2.48. The van der Waals surface area contributed by atoms with Gasteiger partial charge in [-0.25, -0.2) is 0 Å².